The predicted molar refractivity (Wildman–Crippen MR) is 148 cm³/mol. The number of rotatable bonds is 15. The van der Waals surface area contributed by atoms with Crippen molar-refractivity contribution in [3.63, 3.8) is 0 Å². The molecule has 0 aromatic rings. The summed E-state index contributed by atoms with van der Waals surface area (Å²) in [5.41, 5.74) is 1.13. The third-order valence-corrected chi connectivity index (χ3v) is 5.42. The van der Waals surface area contributed by atoms with E-state index in [0.29, 0.717) is 16.2 Å². The third-order valence-electron chi connectivity index (χ3n) is 5.42. The molecular weight excluding hydrogens is 467 g/mol. The van der Waals surface area contributed by atoms with E-state index in [4.69, 9.17) is 0 Å². The Labute approximate surface area is 231 Å². The number of hydrogen-bond donors (Lipinski definition) is 0. The summed E-state index contributed by atoms with van der Waals surface area (Å²) in [6, 6.07) is 0. The fraction of sp³-hybridized carbons (Fsp3) is 0.900. The molecule has 0 N–H and O–H groups in total. The first kappa shape index (κ1) is 42.6. The van der Waals surface area contributed by atoms with Gasteiger partial charge in [0.05, 0.1) is 0 Å². The van der Waals surface area contributed by atoms with Gasteiger partial charge in [0.15, 0.2) is 0 Å². The van der Waals surface area contributed by atoms with E-state index in [2.05, 4.69) is 62.3 Å². The molecule has 0 heterocycles. The van der Waals surface area contributed by atoms with E-state index in [-0.39, 0.29) is 27.7 Å². The van der Waals surface area contributed by atoms with Gasteiger partial charge in [-0.1, -0.05) is 101 Å². The minimum atomic E-state index is -0.925. The molecule has 0 aromatic carbocycles. The zero-order valence-corrected chi connectivity index (χ0v) is 25.6. The molecule has 6 nitrogen and oxygen atoms in total. The second kappa shape index (κ2) is 23.6. The fourth-order valence-corrected chi connectivity index (χ4v) is 3.30. The largest absolute Gasteiger partial charge is 3.00 e. The van der Waals surface area contributed by atoms with Gasteiger partial charge >= 0.3 is 8.41 Å². The van der Waals surface area contributed by atoms with Gasteiger partial charge in [0.2, 0.25) is 0 Å². The van der Waals surface area contributed by atoms with Crippen molar-refractivity contribution in [3.8, 4) is 0 Å². The summed E-state index contributed by atoms with van der Waals surface area (Å²) >= 11 is 0. The summed E-state index contributed by atoms with van der Waals surface area (Å²) < 4.78 is 0. The Morgan fingerprint density at radius 1 is 0.405 bits per heavy atom. The van der Waals surface area contributed by atoms with Gasteiger partial charge in [0, 0.05) is 17.9 Å². The first-order valence-electron chi connectivity index (χ1n) is 13.8. The van der Waals surface area contributed by atoms with Crippen LogP contribution in [0.2, 0.25) is 0 Å². The summed E-state index contributed by atoms with van der Waals surface area (Å²) in [6.07, 6.45) is 12.8. The van der Waals surface area contributed by atoms with Crippen LogP contribution in [0.15, 0.2) is 0 Å². The summed E-state index contributed by atoms with van der Waals surface area (Å²) in [7, 11) is 0. The first-order chi connectivity index (χ1) is 16.2. The average Bonchev–Trinajstić information content (AvgIpc) is 2.65. The van der Waals surface area contributed by atoms with Crippen LogP contribution in [0.5, 0.6) is 0 Å². The number of carbonyl (C=O) groups is 3. The number of hydrogen-bond acceptors (Lipinski definition) is 6. The smallest absolute Gasteiger partial charge is 0.550 e. The topological polar surface area (TPSA) is 120 Å². The van der Waals surface area contributed by atoms with Gasteiger partial charge in [0.1, 0.15) is 0 Å². The Hall–Kier alpha value is -1.53. The fourth-order valence-electron chi connectivity index (χ4n) is 3.30. The standard InChI is InChI=1S/3C10H20O2.B/c3*1-10(2,3)8-6-4-5-7-9(11)12;/h3*4-8H2,1-3H3,(H,11,12);/q;;;+3/p-3. The number of carboxylic acid groups (broad SMARTS) is 3. The molecule has 0 aliphatic rings. The average molecular weight is 525 g/mol. The molecule has 0 aromatic heterocycles. The van der Waals surface area contributed by atoms with E-state index in [1.165, 1.54) is 19.3 Å². The molecule has 0 bridgehead atoms. The Morgan fingerprint density at radius 2 is 0.595 bits per heavy atom. The SMILES string of the molecule is CC(C)(C)CCCCCC(=O)[O-].CC(C)(C)CCCCCC(=O)[O-].CC(C)(C)CCCCCC(=O)[O-].[B+3]. The van der Waals surface area contributed by atoms with Crippen LogP contribution in [0.1, 0.15) is 159 Å². The molecule has 0 atom stereocenters. The van der Waals surface area contributed by atoms with Crippen LogP contribution < -0.4 is 15.3 Å². The number of carbonyl (C=O) groups excluding carboxylic acids is 3. The summed E-state index contributed by atoms with van der Waals surface area (Å²) in [5, 5.41) is 30.1. The van der Waals surface area contributed by atoms with Gasteiger partial charge in [-0.15, -0.1) is 0 Å². The number of unbranched alkanes of at least 4 members (excludes halogenated alkanes) is 6. The van der Waals surface area contributed by atoms with Crippen molar-refractivity contribution in [3.05, 3.63) is 0 Å². The van der Waals surface area contributed by atoms with Crippen molar-refractivity contribution >= 4 is 26.3 Å². The molecule has 0 rings (SSSR count). The van der Waals surface area contributed by atoms with Crippen LogP contribution in [0.25, 0.3) is 0 Å². The molecule has 0 amide bonds. The van der Waals surface area contributed by atoms with Crippen LogP contribution in [0.4, 0.5) is 0 Å². The number of aliphatic carboxylic acids is 3. The third kappa shape index (κ3) is 56.0. The first-order valence-corrected chi connectivity index (χ1v) is 13.8. The van der Waals surface area contributed by atoms with Gasteiger partial charge in [-0.2, -0.15) is 0 Å². The Bertz CT molecular complexity index is 487. The molecule has 216 valence electrons. The zero-order valence-electron chi connectivity index (χ0n) is 25.6. The summed E-state index contributed by atoms with van der Waals surface area (Å²) in [6.45, 7) is 19.8. The van der Waals surface area contributed by atoms with Gasteiger partial charge < -0.3 is 29.7 Å². The van der Waals surface area contributed by atoms with E-state index in [1.54, 1.807) is 0 Å². The molecule has 0 fully saturated rings. The molecule has 37 heavy (non-hydrogen) atoms. The van der Waals surface area contributed by atoms with Crippen molar-refractivity contribution in [1.82, 2.24) is 0 Å². The van der Waals surface area contributed by atoms with Crippen molar-refractivity contribution < 1.29 is 29.7 Å². The van der Waals surface area contributed by atoms with Crippen LogP contribution in [0.3, 0.4) is 0 Å². The van der Waals surface area contributed by atoms with Gasteiger partial charge in [-0.25, -0.2) is 0 Å². The number of carboxylic acids is 3. The molecule has 0 aliphatic carbocycles. The molecule has 0 spiro atoms. The molecule has 0 saturated heterocycles. The quantitative estimate of drug-likeness (QED) is 0.224. The maximum Gasteiger partial charge on any atom is 3.00 e. The van der Waals surface area contributed by atoms with Crippen molar-refractivity contribution in [2.75, 3.05) is 0 Å². The van der Waals surface area contributed by atoms with Crippen LogP contribution >= 0.6 is 0 Å². The summed E-state index contributed by atoms with van der Waals surface area (Å²) in [4.78, 5) is 30.1. The minimum absolute atomic E-state index is 0. The molecule has 0 aliphatic heterocycles. The van der Waals surface area contributed by atoms with Crippen molar-refractivity contribution in [1.29, 1.82) is 0 Å². The Balaban J connectivity index is -0.000000218. The van der Waals surface area contributed by atoms with E-state index >= 15 is 0 Å². The Kier molecular flexibility index (Phi) is 27.1. The normalized spacial score (nSPS) is 11.3. The van der Waals surface area contributed by atoms with Crippen LogP contribution in [-0.2, 0) is 14.4 Å². The van der Waals surface area contributed by atoms with Crippen molar-refractivity contribution in [2.24, 2.45) is 16.2 Å². The molecule has 0 unspecified atom stereocenters. The monoisotopic (exact) mass is 524 g/mol. The zero-order chi connectivity index (χ0) is 28.8. The van der Waals surface area contributed by atoms with Crippen LogP contribution in [-0.4, -0.2) is 26.3 Å². The van der Waals surface area contributed by atoms with E-state index in [0.717, 1.165) is 57.8 Å². The Morgan fingerprint density at radius 3 is 0.730 bits per heavy atom. The van der Waals surface area contributed by atoms with Gasteiger partial charge in [-0.3, -0.25) is 0 Å². The summed E-state index contributed by atoms with van der Waals surface area (Å²) in [5.74, 6) is -2.78. The van der Waals surface area contributed by atoms with Gasteiger partial charge in [-0.05, 0) is 74.0 Å². The second-order valence-electron chi connectivity index (χ2n) is 13.5. The molecular formula is C30H57BO6. The maximum absolute atomic E-state index is 10.0. The second-order valence-corrected chi connectivity index (χ2v) is 13.5. The molecule has 7 heteroatoms. The molecule has 0 radical (unpaired) electrons. The van der Waals surface area contributed by atoms with Gasteiger partial charge in [0.25, 0.3) is 0 Å². The van der Waals surface area contributed by atoms with Crippen LogP contribution in [0, 0.1) is 16.2 Å². The van der Waals surface area contributed by atoms with E-state index in [9.17, 15) is 29.7 Å². The minimum Gasteiger partial charge on any atom is -0.550 e. The molecule has 0 saturated carbocycles. The predicted octanol–water partition coefficient (Wildman–Crippen LogP) is 4.82. The van der Waals surface area contributed by atoms with Crippen molar-refractivity contribution in [2.45, 2.75) is 159 Å². The maximum atomic E-state index is 10.0. The van der Waals surface area contributed by atoms with E-state index < -0.39 is 17.9 Å². The van der Waals surface area contributed by atoms with E-state index in [1.807, 2.05) is 0 Å².